The predicted molar refractivity (Wildman–Crippen MR) is 76.1 cm³/mol. The number of rotatable bonds is 7. The Balaban J connectivity index is 2.50. The van der Waals surface area contributed by atoms with E-state index >= 15 is 0 Å². The molecule has 0 saturated carbocycles. The van der Waals surface area contributed by atoms with Crippen molar-refractivity contribution >= 4 is 0 Å². The average Bonchev–Trinajstić information content (AvgIpc) is 2.38. The number of hydrogen-bond donors (Lipinski definition) is 1. The van der Waals surface area contributed by atoms with Gasteiger partial charge < -0.3 is 5.32 Å². The van der Waals surface area contributed by atoms with Crippen molar-refractivity contribution in [2.24, 2.45) is 5.92 Å². The highest BCUT2D eigenvalue weighted by molar-refractivity contribution is 5.18. The lowest BCUT2D eigenvalue weighted by Gasteiger charge is -2.25. The Morgan fingerprint density at radius 1 is 1.00 bits per heavy atom. The minimum Gasteiger partial charge on any atom is -0.307 e. The average molecular weight is 233 g/mol. The minimum atomic E-state index is 0.449. The summed E-state index contributed by atoms with van der Waals surface area (Å²) in [6.45, 7) is 9.15. The van der Waals surface area contributed by atoms with Gasteiger partial charge in [-0.2, -0.15) is 0 Å². The van der Waals surface area contributed by atoms with Gasteiger partial charge in [-0.15, -0.1) is 0 Å². The summed E-state index contributed by atoms with van der Waals surface area (Å²) in [6.07, 6.45) is 3.77. The molecule has 17 heavy (non-hydrogen) atoms. The fourth-order valence-corrected chi connectivity index (χ4v) is 2.20. The van der Waals surface area contributed by atoms with E-state index in [2.05, 4.69) is 63.3 Å². The molecule has 1 heteroatoms. The van der Waals surface area contributed by atoms with Gasteiger partial charge in [0.1, 0.15) is 0 Å². The van der Waals surface area contributed by atoms with Crippen LogP contribution in [-0.4, -0.2) is 6.04 Å². The van der Waals surface area contributed by atoms with Crippen LogP contribution in [0, 0.1) is 5.92 Å². The van der Waals surface area contributed by atoms with E-state index in [9.17, 15) is 0 Å². The van der Waals surface area contributed by atoms with Crippen LogP contribution < -0.4 is 5.32 Å². The van der Waals surface area contributed by atoms with Gasteiger partial charge in [0, 0.05) is 12.1 Å². The van der Waals surface area contributed by atoms with E-state index in [1.165, 1.54) is 24.8 Å². The Kier molecular flexibility index (Phi) is 6.28. The van der Waals surface area contributed by atoms with Gasteiger partial charge >= 0.3 is 0 Å². The van der Waals surface area contributed by atoms with Gasteiger partial charge in [0.2, 0.25) is 0 Å². The molecule has 3 atom stereocenters. The molecule has 0 aromatic heterocycles. The molecule has 0 fully saturated rings. The topological polar surface area (TPSA) is 12.0 Å². The zero-order valence-electron chi connectivity index (χ0n) is 11.7. The Labute approximate surface area is 107 Å². The second-order valence-electron chi connectivity index (χ2n) is 5.15. The maximum absolute atomic E-state index is 3.75. The highest BCUT2D eigenvalue weighted by atomic mass is 14.9. The predicted octanol–water partition coefficient (Wildman–Crippen LogP) is 4.55. The van der Waals surface area contributed by atoms with Crippen molar-refractivity contribution in [3.8, 4) is 0 Å². The van der Waals surface area contributed by atoms with Crippen LogP contribution in [-0.2, 0) is 0 Å². The van der Waals surface area contributed by atoms with Crippen molar-refractivity contribution in [3.05, 3.63) is 35.9 Å². The molecule has 1 aromatic carbocycles. The van der Waals surface area contributed by atoms with Gasteiger partial charge in [-0.25, -0.2) is 0 Å². The van der Waals surface area contributed by atoms with Crippen molar-refractivity contribution in [2.75, 3.05) is 0 Å². The monoisotopic (exact) mass is 233 g/mol. The van der Waals surface area contributed by atoms with Crippen molar-refractivity contribution in [3.63, 3.8) is 0 Å². The van der Waals surface area contributed by atoms with Crippen LogP contribution in [0.1, 0.15) is 58.6 Å². The van der Waals surface area contributed by atoms with Crippen molar-refractivity contribution < 1.29 is 0 Å². The Bertz CT molecular complexity index is 294. The first-order valence-electron chi connectivity index (χ1n) is 6.98. The van der Waals surface area contributed by atoms with E-state index in [4.69, 9.17) is 0 Å². The van der Waals surface area contributed by atoms with E-state index in [1.807, 2.05) is 0 Å². The SMILES string of the molecule is CCC(C)CC(CC)N[C@H](C)c1ccccc1. The van der Waals surface area contributed by atoms with Crippen LogP contribution in [0.3, 0.4) is 0 Å². The normalized spacial score (nSPS) is 16.5. The van der Waals surface area contributed by atoms with Crippen molar-refractivity contribution in [2.45, 2.75) is 59.0 Å². The molecule has 0 aliphatic carbocycles. The summed E-state index contributed by atoms with van der Waals surface area (Å²) in [5.41, 5.74) is 1.38. The second kappa shape index (κ2) is 7.50. The molecule has 2 unspecified atom stereocenters. The molecule has 0 radical (unpaired) electrons. The van der Waals surface area contributed by atoms with Gasteiger partial charge in [0.15, 0.2) is 0 Å². The molecular formula is C16H27N. The van der Waals surface area contributed by atoms with Crippen LogP contribution in [0.2, 0.25) is 0 Å². The molecule has 1 N–H and O–H groups in total. The molecule has 0 saturated heterocycles. The molecule has 0 aliphatic rings. The smallest absolute Gasteiger partial charge is 0.0294 e. The van der Waals surface area contributed by atoms with Gasteiger partial charge in [-0.05, 0) is 31.2 Å². The molecular weight excluding hydrogens is 206 g/mol. The second-order valence-corrected chi connectivity index (χ2v) is 5.15. The molecule has 0 amide bonds. The summed E-state index contributed by atoms with van der Waals surface area (Å²) in [5, 5.41) is 3.75. The zero-order chi connectivity index (χ0) is 12.7. The molecule has 0 spiro atoms. The lowest BCUT2D eigenvalue weighted by atomic mass is 9.96. The Morgan fingerprint density at radius 2 is 1.65 bits per heavy atom. The first-order chi connectivity index (χ1) is 8.17. The summed E-state index contributed by atoms with van der Waals surface area (Å²) in [7, 11) is 0. The summed E-state index contributed by atoms with van der Waals surface area (Å²) in [5.74, 6) is 0.815. The molecule has 1 rings (SSSR count). The lowest BCUT2D eigenvalue weighted by molar-refractivity contribution is 0.359. The first-order valence-corrected chi connectivity index (χ1v) is 6.98. The Hall–Kier alpha value is -0.820. The molecule has 96 valence electrons. The largest absolute Gasteiger partial charge is 0.307 e. The van der Waals surface area contributed by atoms with Gasteiger partial charge in [-0.3, -0.25) is 0 Å². The molecule has 0 bridgehead atoms. The molecule has 1 nitrogen and oxygen atoms in total. The van der Waals surface area contributed by atoms with Crippen LogP contribution in [0.4, 0.5) is 0 Å². The highest BCUT2D eigenvalue weighted by Gasteiger charge is 2.13. The van der Waals surface area contributed by atoms with Crippen molar-refractivity contribution in [1.29, 1.82) is 0 Å². The fraction of sp³-hybridized carbons (Fsp3) is 0.625. The summed E-state index contributed by atoms with van der Waals surface area (Å²) >= 11 is 0. The number of nitrogens with one attached hydrogen (secondary N) is 1. The van der Waals surface area contributed by atoms with Gasteiger partial charge in [0.05, 0.1) is 0 Å². The van der Waals surface area contributed by atoms with E-state index in [0.29, 0.717) is 12.1 Å². The third kappa shape index (κ3) is 4.91. The van der Waals surface area contributed by atoms with Crippen molar-refractivity contribution in [1.82, 2.24) is 5.32 Å². The van der Waals surface area contributed by atoms with Gasteiger partial charge in [0.25, 0.3) is 0 Å². The first kappa shape index (κ1) is 14.2. The summed E-state index contributed by atoms with van der Waals surface area (Å²) < 4.78 is 0. The van der Waals surface area contributed by atoms with Crippen LogP contribution >= 0.6 is 0 Å². The van der Waals surface area contributed by atoms with Crippen LogP contribution in [0.15, 0.2) is 30.3 Å². The lowest BCUT2D eigenvalue weighted by Crippen LogP contribution is -2.32. The van der Waals surface area contributed by atoms with E-state index in [0.717, 1.165) is 5.92 Å². The minimum absolute atomic E-state index is 0.449. The van der Waals surface area contributed by atoms with E-state index in [-0.39, 0.29) is 0 Å². The quantitative estimate of drug-likeness (QED) is 0.728. The number of benzene rings is 1. The van der Waals surface area contributed by atoms with Gasteiger partial charge in [-0.1, -0.05) is 57.5 Å². The zero-order valence-corrected chi connectivity index (χ0v) is 11.7. The maximum Gasteiger partial charge on any atom is 0.0294 e. The van der Waals surface area contributed by atoms with Crippen LogP contribution in [0.25, 0.3) is 0 Å². The third-order valence-electron chi connectivity index (χ3n) is 3.66. The number of hydrogen-bond acceptors (Lipinski definition) is 1. The Morgan fingerprint density at radius 3 is 2.18 bits per heavy atom. The molecule has 0 aliphatic heterocycles. The third-order valence-corrected chi connectivity index (χ3v) is 3.66. The summed E-state index contributed by atoms with van der Waals surface area (Å²) in [6, 6.07) is 11.8. The summed E-state index contributed by atoms with van der Waals surface area (Å²) in [4.78, 5) is 0. The van der Waals surface area contributed by atoms with E-state index in [1.54, 1.807) is 0 Å². The standard InChI is InChI=1S/C16H27N/c1-5-13(3)12-16(6-2)17-14(4)15-10-8-7-9-11-15/h7-11,13-14,16-17H,5-6,12H2,1-4H3/t13?,14-,16?/m1/s1. The molecule has 0 heterocycles. The maximum atomic E-state index is 3.75. The van der Waals surface area contributed by atoms with Crippen LogP contribution in [0.5, 0.6) is 0 Å². The fourth-order valence-electron chi connectivity index (χ4n) is 2.20. The van der Waals surface area contributed by atoms with E-state index < -0.39 is 0 Å². The highest BCUT2D eigenvalue weighted by Crippen LogP contribution is 2.17. The molecule has 1 aromatic rings.